The molecule has 0 amide bonds. The van der Waals surface area contributed by atoms with E-state index in [2.05, 4.69) is 105 Å². The fraction of sp³-hybridized carbons (Fsp3) is 0.161. The van der Waals surface area contributed by atoms with Gasteiger partial charge in [-0.1, -0.05) is 97.8 Å². The highest BCUT2D eigenvalue weighted by atomic mass is 16.5. The summed E-state index contributed by atoms with van der Waals surface area (Å²) in [5, 5.41) is 5.06. The second kappa shape index (κ2) is 7.53. The normalized spacial score (nSPS) is 14.8. The lowest BCUT2D eigenvalue weighted by molar-refractivity contribution is 0.456. The van der Waals surface area contributed by atoms with E-state index in [-0.39, 0.29) is 5.92 Å². The van der Waals surface area contributed by atoms with Gasteiger partial charge < -0.3 is 4.74 Å². The third-order valence-corrected chi connectivity index (χ3v) is 6.76. The van der Waals surface area contributed by atoms with Crippen molar-refractivity contribution in [1.29, 1.82) is 0 Å². The number of aryl methyl sites for hydroxylation is 2. The summed E-state index contributed by atoms with van der Waals surface area (Å²) in [6.07, 6.45) is 2.28. The summed E-state index contributed by atoms with van der Waals surface area (Å²) >= 11 is 0. The standard InChI is InChI=1S/C31H26O/c1-3-6-21-10-12-23(13-11-21)29-30-25-8-5-4-7-22(25)14-17-27(30)32-28-18-15-24-19-20(2)9-16-26(24)31(28)29/h4-5,7-19,29H,3,6H2,1-2H3. The van der Waals surface area contributed by atoms with E-state index in [1.54, 1.807) is 0 Å². The summed E-state index contributed by atoms with van der Waals surface area (Å²) in [7, 11) is 0. The Morgan fingerprint density at radius 1 is 0.688 bits per heavy atom. The minimum absolute atomic E-state index is 0.127. The fourth-order valence-corrected chi connectivity index (χ4v) is 5.26. The molecular formula is C31H26O. The summed E-state index contributed by atoms with van der Waals surface area (Å²) in [5.74, 6) is 2.05. The van der Waals surface area contributed by atoms with Crippen LogP contribution in [0.1, 0.15) is 47.1 Å². The molecule has 0 fully saturated rings. The van der Waals surface area contributed by atoms with E-state index in [4.69, 9.17) is 4.74 Å². The van der Waals surface area contributed by atoms with Crippen molar-refractivity contribution in [3.05, 3.63) is 119 Å². The van der Waals surface area contributed by atoms with Gasteiger partial charge in [-0.3, -0.25) is 0 Å². The van der Waals surface area contributed by atoms with E-state index >= 15 is 0 Å². The summed E-state index contributed by atoms with van der Waals surface area (Å²) in [5.41, 5.74) is 6.54. The molecule has 0 aliphatic carbocycles. The molecule has 1 aliphatic heterocycles. The van der Waals surface area contributed by atoms with Crippen LogP contribution in [0, 0.1) is 6.92 Å². The first-order valence-electron chi connectivity index (χ1n) is 11.5. The molecule has 0 bridgehead atoms. The van der Waals surface area contributed by atoms with E-state index in [1.165, 1.54) is 49.4 Å². The SMILES string of the molecule is CCCc1ccc(C2c3c(ccc4ccccc34)Oc3ccc4cc(C)ccc4c32)cc1. The number of rotatable bonds is 3. The Morgan fingerprint density at radius 2 is 1.38 bits per heavy atom. The molecule has 0 radical (unpaired) electrons. The van der Waals surface area contributed by atoms with Crippen molar-refractivity contribution in [3.8, 4) is 11.5 Å². The van der Waals surface area contributed by atoms with E-state index in [1.807, 2.05) is 0 Å². The largest absolute Gasteiger partial charge is 0.457 e. The van der Waals surface area contributed by atoms with Gasteiger partial charge in [-0.25, -0.2) is 0 Å². The monoisotopic (exact) mass is 414 g/mol. The van der Waals surface area contributed by atoms with Gasteiger partial charge >= 0.3 is 0 Å². The maximum absolute atomic E-state index is 6.54. The van der Waals surface area contributed by atoms with Gasteiger partial charge in [-0.05, 0) is 58.1 Å². The van der Waals surface area contributed by atoms with Crippen LogP contribution in [0.15, 0.2) is 91.0 Å². The summed E-state index contributed by atoms with van der Waals surface area (Å²) in [6, 6.07) is 33.3. The van der Waals surface area contributed by atoms with E-state index in [0.717, 1.165) is 24.3 Å². The number of fused-ring (bicyclic) bond motifs is 6. The van der Waals surface area contributed by atoms with Gasteiger partial charge in [-0.2, -0.15) is 0 Å². The number of hydrogen-bond acceptors (Lipinski definition) is 1. The first kappa shape index (κ1) is 19.1. The lowest BCUT2D eigenvalue weighted by atomic mass is 9.78. The molecule has 1 atom stereocenters. The van der Waals surface area contributed by atoms with E-state index < -0.39 is 0 Å². The second-order valence-corrected chi connectivity index (χ2v) is 8.93. The van der Waals surface area contributed by atoms with Gasteiger partial charge in [0, 0.05) is 17.0 Å². The number of benzene rings is 5. The molecule has 156 valence electrons. The van der Waals surface area contributed by atoms with Crippen LogP contribution in [0.2, 0.25) is 0 Å². The highest BCUT2D eigenvalue weighted by Crippen LogP contribution is 2.52. The average molecular weight is 415 g/mol. The molecule has 1 unspecified atom stereocenters. The maximum Gasteiger partial charge on any atom is 0.132 e. The second-order valence-electron chi connectivity index (χ2n) is 8.93. The Labute approximate surface area is 189 Å². The van der Waals surface area contributed by atoms with Crippen LogP contribution in [-0.2, 0) is 6.42 Å². The summed E-state index contributed by atoms with van der Waals surface area (Å²) in [4.78, 5) is 0. The predicted molar refractivity (Wildman–Crippen MR) is 134 cm³/mol. The van der Waals surface area contributed by atoms with Crippen LogP contribution in [0.25, 0.3) is 21.5 Å². The van der Waals surface area contributed by atoms with Crippen LogP contribution in [-0.4, -0.2) is 0 Å². The van der Waals surface area contributed by atoms with E-state index in [0.29, 0.717) is 0 Å². The van der Waals surface area contributed by atoms with Crippen molar-refractivity contribution in [2.45, 2.75) is 32.6 Å². The van der Waals surface area contributed by atoms with Crippen molar-refractivity contribution in [2.24, 2.45) is 0 Å². The van der Waals surface area contributed by atoms with Crippen molar-refractivity contribution in [1.82, 2.24) is 0 Å². The Kier molecular flexibility index (Phi) is 4.50. The highest BCUT2D eigenvalue weighted by molar-refractivity contribution is 5.95. The van der Waals surface area contributed by atoms with Gasteiger partial charge in [0.25, 0.3) is 0 Å². The van der Waals surface area contributed by atoms with Gasteiger partial charge in [-0.15, -0.1) is 0 Å². The number of hydrogen-bond donors (Lipinski definition) is 0. The van der Waals surface area contributed by atoms with E-state index in [9.17, 15) is 0 Å². The fourth-order valence-electron chi connectivity index (χ4n) is 5.26. The van der Waals surface area contributed by atoms with Crippen molar-refractivity contribution in [2.75, 3.05) is 0 Å². The molecule has 0 saturated heterocycles. The quantitative estimate of drug-likeness (QED) is 0.282. The number of ether oxygens (including phenoxy) is 1. The topological polar surface area (TPSA) is 9.23 Å². The van der Waals surface area contributed by atoms with Gasteiger partial charge in [0.1, 0.15) is 11.5 Å². The summed E-state index contributed by atoms with van der Waals surface area (Å²) < 4.78 is 6.54. The molecule has 1 heterocycles. The minimum Gasteiger partial charge on any atom is -0.457 e. The average Bonchev–Trinajstić information content (AvgIpc) is 2.83. The Hall–Kier alpha value is -3.58. The minimum atomic E-state index is 0.127. The van der Waals surface area contributed by atoms with Crippen LogP contribution in [0.5, 0.6) is 11.5 Å². The molecule has 5 aromatic rings. The molecule has 6 rings (SSSR count). The van der Waals surface area contributed by atoms with Crippen LogP contribution in [0.4, 0.5) is 0 Å². The lowest BCUT2D eigenvalue weighted by Gasteiger charge is -2.31. The molecule has 0 N–H and O–H groups in total. The molecular weight excluding hydrogens is 388 g/mol. The smallest absolute Gasteiger partial charge is 0.132 e. The van der Waals surface area contributed by atoms with Crippen molar-refractivity contribution >= 4 is 21.5 Å². The molecule has 1 heteroatoms. The molecule has 1 nitrogen and oxygen atoms in total. The van der Waals surface area contributed by atoms with Crippen molar-refractivity contribution < 1.29 is 4.74 Å². The Balaban J connectivity index is 1.67. The third-order valence-electron chi connectivity index (χ3n) is 6.76. The Morgan fingerprint density at radius 3 is 2.12 bits per heavy atom. The Bertz CT molecular complexity index is 1460. The third kappa shape index (κ3) is 3.00. The first-order chi connectivity index (χ1) is 15.7. The first-order valence-corrected chi connectivity index (χ1v) is 11.5. The lowest BCUT2D eigenvalue weighted by Crippen LogP contribution is -2.13. The van der Waals surface area contributed by atoms with Crippen LogP contribution in [0.3, 0.4) is 0 Å². The molecule has 0 aromatic heterocycles. The summed E-state index contributed by atoms with van der Waals surface area (Å²) in [6.45, 7) is 4.39. The predicted octanol–water partition coefficient (Wildman–Crippen LogP) is 8.54. The highest BCUT2D eigenvalue weighted by Gasteiger charge is 2.32. The zero-order chi connectivity index (χ0) is 21.7. The molecule has 32 heavy (non-hydrogen) atoms. The zero-order valence-electron chi connectivity index (χ0n) is 18.6. The van der Waals surface area contributed by atoms with Crippen LogP contribution < -0.4 is 4.74 Å². The molecule has 0 spiro atoms. The zero-order valence-corrected chi connectivity index (χ0v) is 18.6. The van der Waals surface area contributed by atoms with Crippen molar-refractivity contribution in [3.63, 3.8) is 0 Å². The maximum atomic E-state index is 6.54. The molecule has 0 saturated carbocycles. The van der Waals surface area contributed by atoms with Crippen LogP contribution >= 0.6 is 0 Å². The van der Waals surface area contributed by atoms with Gasteiger partial charge in [0.15, 0.2) is 0 Å². The van der Waals surface area contributed by atoms with Gasteiger partial charge in [0.05, 0.1) is 0 Å². The molecule has 1 aliphatic rings. The van der Waals surface area contributed by atoms with Gasteiger partial charge in [0.2, 0.25) is 0 Å². The molecule has 5 aromatic carbocycles.